The van der Waals surface area contributed by atoms with Gasteiger partial charge in [0.2, 0.25) is 0 Å². The van der Waals surface area contributed by atoms with E-state index >= 15 is 0 Å². The van der Waals surface area contributed by atoms with Gasteiger partial charge < -0.3 is 5.11 Å². The Morgan fingerprint density at radius 1 is 1.15 bits per heavy atom. The molecule has 0 saturated heterocycles. The zero-order chi connectivity index (χ0) is 14.9. The number of carboxylic acid groups (broad SMARTS) is 1. The molecule has 2 N–H and O–H groups in total. The molecule has 0 aliphatic carbocycles. The minimum atomic E-state index is -3.83. The lowest BCUT2D eigenvalue weighted by Crippen LogP contribution is -2.25. The molecule has 0 saturated carbocycles. The van der Waals surface area contributed by atoms with Crippen molar-refractivity contribution in [1.29, 1.82) is 0 Å². The summed E-state index contributed by atoms with van der Waals surface area (Å²) in [6.45, 7) is 3.53. The third-order valence-corrected chi connectivity index (χ3v) is 4.17. The Bertz CT molecular complexity index is 743. The summed E-state index contributed by atoms with van der Waals surface area (Å²) in [4.78, 5) is 13.2. The highest BCUT2D eigenvalue weighted by Crippen LogP contribution is 2.14. The molecular formula is C13H14N2O4S. The predicted molar refractivity (Wildman–Crippen MR) is 73.9 cm³/mol. The molecule has 2 rings (SSSR count). The molecule has 1 heterocycles. The maximum absolute atomic E-state index is 12.3. The van der Waals surface area contributed by atoms with Crippen molar-refractivity contribution in [3.05, 3.63) is 53.3 Å². The van der Waals surface area contributed by atoms with Crippen LogP contribution in [-0.2, 0) is 10.0 Å². The summed E-state index contributed by atoms with van der Waals surface area (Å²) in [7, 11) is -3.83. The number of nitrogens with zero attached hydrogens (tertiary/aromatic N) is 1. The third-order valence-electron chi connectivity index (χ3n) is 2.87. The van der Waals surface area contributed by atoms with Crippen LogP contribution in [0.5, 0.6) is 0 Å². The summed E-state index contributed by atoms with van der Waals surface area (Å²) >= 11 is 0. The van der Waals surface area contributed by atoms with Crippen molar-refractivity contribution < 1.29 is 18.3 Å². The van der Waals surface area contributed by atoms with E-state index in [1.165, 1.54) is 22.9 Å². The second-order valence-corrected chi connectivity index (χ2v) is 6.04. The Morgan fingerprint density at radius 2 is 1.75 bits per heavy atom. The van der Waals surface area contributed by atoms with Crippen LogP contribution >= 0.6 is 0 Å². The molecule has 0 unspecified atom stereocenters. The first-order valence-electron chi connectivity index (χ1n) is 5.82. The highest BCUT2D eigenvalue weighted by Gasteiger charge is 2.17. The molecule has 0 aliphatic heterocycles. The molecule has 7 heteroatoms. The van der Waals surface area contributed by atoms with E-state index in [4.69, 9.17) is 5.11 Å². The third kappa shape index (κ3) is 2.67. The van der Waals surface area contributed by atoms with E-state index < -0.39 is 16.0 Å². The van der Waals surface area contributed by atoms with Crippen LogP contribution in [0, 0.1) is 13.8 Å². The molecule has 0 bridgehead atoms. The van der Waals surface area contributed by atoms with Crippen LogP contribution in [0.2, 0.25) is 0 Å². The molecule has 106 valence electrons. The van der Waals surface area contributed by atoms with Crippen molar-refractivity contribution in [2.45, 2.75) is 18.7 Å². The molecule has 0 radical (unpaired) electrons. The average molecular weight is 294 g/mol. The van der Waals surface area contributed by atoms with E-state index in [9.17, 15) is 13.2 Å². The fourth-order valence-electron chi connectivity index (χ4n) is 1.78. The highest BCUT2D eigenvalue weighted by molar-refractivity contribution is 7.92. The van der Waals surface area contributed by atoms with Gasteiger partial charge >= 0.3 is 5.97 Å². The van der Waals surface area contributed by atoms with Crippen molar-refractivity contribution >= 4 is 16.0 Å². The van der Waals surface area contributed by atoms with Gasteiger partial charge in [-0.25, -0.2) is 9.63 Å². The number of nitrogens with one attached hydrogen (secondary N) is 1. The minimum absolute atomic E-state index is 0.0752. The minimum Gasteiger partial charge on any atom is -0.478 e. The quantitative estimate of drug-likeness (QED) is 0.899. The smallest absolute Gasteiger partial charge is 0.335 e. The van der Waals surface area contributed by atoms with Crippen LogP contribution in [-0.4, -0.2) is 24.2 Å². The molecule has 6 nitrogen and oxygen atoms in total. The van der Waals surface area contributed by atoms with Gasteiger partial charge in [0.25, 0.3) is 10.0 Å². The summed E-state index contributed by atoms with van der Waals surface area (Å²) in [5.74, 6) is -1.17. The summed E-state index contributed by atoms with van der Waals surface area (Å²) in [6, 6.07) is 8.78. The number of hydrogen-bond donors (Lipinski definition) is 2. The van der Waals surface area contributed by atoms with Crippen LogP contribution in [0.3, 0.4) is 0 Å². The van der Waals surface area contributed by atoms with Crippen molar-refractivity contribution in [1.82, 2.24) is 4.68 Å². The van der Waals surface area contributed by atoms with Crippen molar-refractivity contribution in [2.24, 2.45) is 0 Å². The zero-order valence-corrected chi connectivity index (χ0v) is 11.8. The fraction of sp³-hybridized carbons (Fsp3) is 0.154. The topological polar surface area (TPSA) is 88.4 Å². The average Bonchev–Trinajstić information content (AvgIpc) is 2.70. The molecule has 0 spiro atoms. The van der Waals surface area contributed by atoms with Crippen LogP contribution in [0.1, 0.15) is 21.7 Å². The van der Waals surface area contributed by atoms with E-state index in [1.54, 1.807) is 26.0 Å². The van der Waals surface area contributed by atoms with E-state index in [0.29, 0.717) is 0 Å². The van der Waals surface area contributed by atoms with Crippen molar-refractivity contribution in [3.63, 3.8) is 0 Å². The van der Waals surface area contributed by atoms with Crippen LogP contribution in [0.25, 0.3) is 0 Å². The van der Waals surface area contributed by atoms with Gasteiger partial charge in [0, 0.05) is 11.4 Å². The summed E-state index contributed by atoms with van der Waals surface area (Å²) in [6.07, 6.45) is 0. The van der Waals surface area contributed by atoms with Gasteiger partial charge in [-0.05, 0) is 44.2 Å². The predicted octanol–water partition coefficient (Wildman–Crippen LogP) is 1.74. The van der Waals surface area contributed by atoms with Gasteiger partial charge in [0.15, 0.2) is 0 Å². The van der Waals surface area contributed by atoms with Crippen LogP contribution < -0.4 is 4.83 Å². The number of carboxylic acids is 1. The first-order chi connectivity index (χ1) is 9.31. The number of hydrogen-bond acceptors (Lipinski definition) is 3. The lowest BCUT2D eigenvalue weighted by molar-refractivity contribution is 0.0696. The molecular weight excluding hydrogens is 280 g/mol. The van der Waals surface area contributed by atoms with Gasteiger partial charge in [-0.15, -0.1) is 0 Å². The zero-order valence-electron chi connectivity index (χ0n) is 11.0. The summed E-state index contributed by atoms with van der Waals surface area (Å²) < 4.78 is 25.9. The summed E-state index contributed by atoms with van der Waals surface area (Å²) in [5, 5.41) is 8.90. The van der Waals surface area contributed by atoms with E-state index in [-0.39, 0.29) is 10.5 Å². The van der Waals surface area contributed by atoms with Gasteiger partial charge in [0.1, 0.15) is 0 Å². The van der Waals surface area contributed by atoms with E-state index in [1.807, 2.05) is 0 Å². The fourth-order valence-corrected chi connectivity index (χ4v) is 2.96. The molecule has 1 aromatic carbocycles. The normalized spacial score (nSPS) is 11.3. The second kappa shape index (κ2) is 5.01. The standard InChI is InChI=1S/C13H14N2O4S/c1-9-6-7-10(2)15(9)14-20(18,19)12-5-3-4-11(8-12)13(16)17/h3-8,14H,1-2H3,(H,16,17). The number of aromatic nitrogens is 1. The van der Waals surface area contributed by atoms with E-state index in [2.05, 4.69) is 4.83 Å². The number of benzene rings is 1. The first kappa shape index (κ1) is 14.1. The van der Waals surface area contributed by atoms with Gasteiger partial charge in [-0.3, -0.25) is 4.68 Å². The largest absolute Gasteiger partial charge is 0.478 e. The second-order valence-electron chi connectivity index (χ2n) is 4.38. The molecule has 0 fully saturated rings. The Kier molecular flexibility index (Phi) is 3.54. The van der Waals surface area contributed by atoms with Gasteiger partial charge in [-0.2, -0.15) is 8.42 Å². The molecule has 0 amide bonds. The Hall–Kier alpha value is -2.28. The first-order valence-corrected chi connectivity index (χ1v) is 7.31. The molecule has 0 atom stereocenters. The Balaban J connectivity index is 2.41. The van der Waals surface area contributed by atoms with Crippen molar-refractivity contribution in [3.8, 4) is 0 Å². The lowest BCUT2D eigenvalue weighted by atomic mass is 10.2. The molecule has 20 heavy (non-hydrogen) atoms. The van der Waals surface area contributed by atoms with Gasteiger partial charge in [0.05, 0.1) is 10.5 Å². The number of carbonyl (C=O) groups is 1. The Morgan fingerprint density at radius 3 is 2.30 bits per heavy atom. The summed E-state index contributed by atoms with van der Waals surface area (Å²) in [5.41, 5.74) is 1.40. The number of aromatic carboxylic acids is 1. The van der Waals surface area contributed by atoms with Crippen molar-refractivity contribution in [2.75, 3.05) is 4.83 Å². The van der Waals surface area contributed by atoms with Gasteiger partial charge in [-0.1, -0.05) is 6.07 Å². The number of aryl methyl sites for hydroxylation is 2. The number of sulfonamides is 1. The SMILES string of the molecule is Cc1ccc(C)n1NS(=O)(=O)c1cccc(C(=O)O)c1. The highest BCUT2D eigenvalue weighted by atomic mass is 32.2. The van der Waals surface area contributed by atoms with Crippen LogP contribution in [0.15, 0.2) is 41.3 Å². The lowest BCUT2D eigenvalue weighted by Gasteiger charge is -2.13. The number of rotatable bonds is 4. The maximum Gasteiger partial charge on any atom is 0.335 e. The monoisotopic (exact) mass is 294 g/mol. The Labute approximate surface area is 116 Å². The van der Waals surface area contributed by atoms with Crippen LogP contribution in [0.4, 0.5) is 0 Å². The molecule has 0 aliphatic rings. The van der Waals surface area contributed by atoms with E-state index in [0.717, 1.165) is 17.5 Å². The maximum atomic E-state index is 12.3. The molecule has 2 aromatic rings. The molecule has 1 aromatic heterocycles.